The number of hydrogen-bond acceptors (Lipinski definition) is 2. The molecule has 0 atom stereocenters. The molecule has 3 heteroatoms. The summed E-state index contributed by atoms with van der Waals surface area (Å²) in [5.74, 6) is -0.214. The average molecular weight is 198 g/mol. The minimum absolute atomic E-state index is 0.214. The van der Waals surface area contributed by atoms with Crippen LogP contribution in [0.4, 0.5) is 4.39 Å². The molecule has 70 valence electrons. The molecule has 0 radical (unpaired) electrons. The first-order chi connectivity index (χ1) is 6.29. The molecule has 0 spiro atoms. The van der Waals surface area contributed by atoms with E-state index in [4.69, 9.17) is 0 Å². The van der Waals surface area contributed by atoms with Gasteiger partial charge in [0.25, 0.3) is 0 Å². The molecule has 0 aliphatic carbocycles. The fraction of sp³-hybridized carbons (Fsp3) is 0.300. The smallest absolute Gasteiger partial charge is 0.127 e. The maximum atomic E-state index is 13.2. The molecule has 0 unspecified atom stereocenters. The molecule has 1 aromatic rings. The fourth-order valence-electron chi connectivity index (χ4n) is 1.18. The van der Waals surface area contributed by atoms with Gasteiger partial charge in [-0.3, -0.25) is 0 Å². The van der Waals surface area contributed by atoms with Crippen molar-refractivity contribution in [3.8, 4) is 0 Å². The molecule has 0 fully saturated rings. The SMILES string of the molecule is CSc1cccc(F)c1CCC=O. The van der Waals surface area contributed by atoms with E-state index in [2.05, 4.69) is 0 Å². The molecule has 1 aromatic carbocycles. The number of aldehydes is 1. The minimum Gasteiger partial charge on any atom is -0.303 e. The van der Waals surface area contributed by atoms with Crippen molar-refractivity contribution >= 4 is 18.0 Å². The van der Waals surface area contributed by atoms with Crippen molar-refractivity contribution in [2.75, 3.05) is 6.26 Å². The summed E-state index contributed by atoms with van der Waals surface area (Å²) in [4.78, 5) is 11.1. The second-order valence-electron chi connectivity index (χ2n) is 2.63. The fourth-order valence-corrected chi connectivity index (χ4v) is 1.84. The van der Waals surface area contributed by atoms with Crippen molar-refractivity contribution in [3.05, 3.63) is 29.6 Å². The number of rotatable bonds is 4. The van der Waals surface area contributed by atoms with Crippen LogP contribution < -0.4 is 0 Å². The number of carbonyl (C=O) groups is 1. The van der Waals surface area contributed by atoms with E-state index in [-0.39, 0.29) is 5.82 Å². The summed E-state index contributed by atoms with van der Waals surface area (Å²) in [5, 5.41) is 0. The number of halogens is 1. The van der Waals surface area contributed by atoms with Crippen LogP contribution in [0.1, 0.15) is 12.0 Å². The highest BCUT2D eigenvalue weighted by molar-refractivity contribution is 7.98. The first-order valence-electron chi connectivity index (χ1n) is 4.04. The van der Waals surface area contributed by atoms with E-state index >= 15 is 0 Å². The van der Waals surface area contributed by atoms with Crippen molar-refractivity contribution in [1.29, 1.82) is 0 Å². The van der Waals surface area contributed by atoms with Crippen molar-refractivity contribution in [2.24, 2.45) is 0 Å². The Kier molecular flexibility index (Phi) is 3.96. The second-order valence-corrected chi connectivity index (χ2v) is 3.47. The second kappa shape index (κ2) is 5.02. The first-order valence-corrected chi connectivity index (χ1v) is 5.27. The van der Waals surface area contributed by atoms with Crippen molar-refractivity contribution in [3.63, 3.8) is 0 Å². The van der Waals surface area contributed by atoms with E-state index in [1.54, 1.807) is 6.07 Å². The van der Waals surface area contributed by atoms with Crippen LogP contribution >= 0.6 is 11.8 Å². The van der Waals surface area contributed by atoms with Crippen molar-refractivity contribution in [1.82, 2.24) is 0 Å². The van der Waals surface area contributed by atoms with Gasteiger partial charge >= 0.3 is 0 Å². The van der Waals surface area contributed by atoms with Crippen molar-refractivity contribution < 1.29 is 9.18 Å². The van der Waals surface area contributed by atoms with E-state index in [9.17, 15) is 9.18 Å². The standard InChI is InChI=1S/C10H11FOS/c1-13-10-6-2-5-9(11)8(10)4-3-7-12/h2,5-7H,3-4H2,1H3. The summed E-state index contributed by atoms with van der Waals surface area (Å²) in [6, 6.07) is 4.99. The predicted octanol–water partition coefficient (Wildman–Crippen LogP) is 2.68. The summed E-state index contributed by atoms with van der Waals surface area (Å²) in [5.41, 5.74) is 0.655. The third kappa shape index (κ3) is 2.56. The average Bonchev–Trinajstić information content (AvgIpc) is 2.15. The molecule has 0 amide bonds. The van der Waals surface area contributed by atoms with Crippen LogP contribution in [-0.4, -0.2) is 12.5 Å². The van der Waals surface area contributed by atoms with E-state index in [0.717, 1.165) is 11.2 Å². The van der Waals surface area contributed by atoms with Gasteiger partial charge in [0, 0.05) is 16.9 Å². The van der Waals surface area contributed by atoms with Crippen LogP contribution in [-0.2, 0) is 11.2 Å². The zero-order valence-corrected chi connectivity index (χ0v) is 8.23. The number of hydrogen-bond donors (Lipinski definition) is 0. The zero-order chi connectivity index (χ0) is 9.68. The van der Waals surface area contributed by atoms with Crippen LogP contribution in [0.3, 0.4) is 0 Å². The molecule has 0 aliphatic heterocycles. The highest BCUT2D eigenvalue weighted by atomic mass is 32.2. The quantitative estimate of drug-likeness (QED) is 0.546. The zero-order valence-electron chi connectivity index (χ0n) is 7.42. The van der Waals surface area contributed by atoms with E-state index in [1.165, 1.54) is 17.8 Å². The molecule has 0 aromatic heterocycles. The lowest BCUT2D eigenvalue weighted by molar-refractivity contribution is -0.107. The topological polar surface area (TPSA) is 17.1 Å². The number of thioether (sulfide) groups is 1. The van der Waals surface area contributed by atoms with Crippen LogP contribution in [0, 0.1) is 5.82 Å². The molecule has 0 aliphatic rings. The normalized spacial score (nSPS) is 10.0. The maximum Gasteiger partial charge on any atom is 0.127 e. The number of carbonyl (C=O) groups excluding carboxylic acids is 1. The van der Waals surface area contributed by atoms with Gasteiger partial charge in [-0.05, 0) is 24.8 Å². The van der Waals surface area contributed by atoms with Crippen LogP contribution in [0.15, 0.2) is 23.1 Å². The third-order valence-electron chi connectivity index (χ3n) is 1.81. The molecule has 13 heavy (non-hydrogen) atoms. The van der Waals surface area contributed by atoms with Crippen LogP contribution in [0.5, 0.6) is 0 Å². The molecule has 1 nitrogen and oxygen atoms in total. The molecule has 1 rings (SSSR count). The van der Waals surface area contributed by atoms with Crippen LogP contribution in [0.2, 0.25) is 0 Å². The van der Waals surface area contributed by atoms with Gasteiger partial charge in [0.2, 0.25) is 0 Å². The highest BCUT2D eigenvalue weighted by Crippen LogP contribution is 2.23. The van der Waals surface area contributed by atoms with Gasteiger partial charge in [0.05, 0.1) is 0 Å². The first kappa shape index (κ1) is 10.3. The lowest BCUT2D eigenvalue weighted by Crippen LogP contribution is -1.94. The molecule has 0 heterocycles. The summed E-state index contributed by atoms with van der Waals surface area (Å²) in [6.07, 6.45) is 3.59. The Balaban J connectivity index is 2.93. The van der Waals surface area contributed by atoms with Gasteiger partial charge < -0.3 is 4.79 Å². The Labute approximate surface area is 81.3 Å². The predicted molar refractivity (Wildman–Crippen MR) is 52.6 cm³/mol. The van der Waals surface area contributed by atoms with Gasteiger partial charge in [0.1, 0.15) is 12.1 Å². The van der Waals surface area contributed by atoms with Gasteiger partial charge in [-0.25, -0.2) is 4.39 Å². The van der Waals surface area contributed by atoms with E-state index in [0.29, 0.717) is 18.4 Å². The number of benzene rings is 1. The van der Waals surface area contributed by atoms with Gasteiger partial charge in [-0.15, -0.1) is 11.8 Å². The lowest BCUT2D eigenvalue weighted by atomic mass is 10.1. The summed E-state index contributed by atoms with van der Waals surface area (Å²) in [7, 11) is 0. The molecule has 0 N–H and O–H groups in total. The van der Waals surface area contributed by atoms with Gasteiger partial charge in [0.15, 0.2) is 0 Å². The van der Waals surface area contributed by atoms with Gasteiger partial charge in [-0.1, -0.05) is 6.07 Å². The lowest BCUT2D eigenvalue weighted by Gasteiger charge is -2.05. The Morgan fingerprint density at radius 2 is 2.31 bits per heavy atom. The van der Waals surface area contributed by atoms with Gasteiger partial charge in [-0.2, -0.15) is 0 Å². The Morgan fingerprint density at radius 1 is 1.54 bits per heavy atom. The summed E-state index contributed by atoms with van der Waals surface area (Å²) in [6.45, 7) is 0. The molecule has 0 saturated carbocycles. The maximum absolute atomic E-state index is 13.2. The Bertz CT molecular complexity index is 299. The summed E-state index contributed by atoms with van der Waals surface area (Å²) < 4.78 is 13.2. The molecule has 0 bridgehead atoms. The Hall–Kier alpha value is -0.830. The minimum atomic E-state index is -0.214. The van der Waals surface area contributed by atoms with E-state index in [1.807, 2.05) is 12.3 Å². The molecular formula is C10H11FOS. The molecular weight excluding hydrogens is 187 g/mol. The van der Waals surface area contributed by atoms with E-state index < -0.39 is 0 Å². The van der Waals surface area contributed by atoms with Crippen LogP contribution in [0.25, 0.3) is 0 Å². The Morgan fingerprint density at radius 3 is 2.92 bits per heavy atom. The molecule has 0 saturated heterocycles. The third-order valence-corrected chi connectivity index (χ3v) is 2.63. The van der Waals surface area contributed by atoms with Crippen molar-refractivity contribution in [2.45, 2.75) is 17.7 Å². The highest BCUT2D eigenvalue weighted by Gasteiger charge is 2.06. The summed E-state index contributed by atoms with van der Waals surface area (Å²) >= 11 is 1.50. The largest absolute Gasteiger partial charge is 0.303 e. The monoisotopic (exact) mass is 198 g/mol.